The molecule has 1 aliphatic heterocycles. The Bertz CT molecular complexity index is 710. The van der Waals surface area contributed by atoms with Crippen LogP contribution in [0.25, 0.3) is 0 Å². The van der Waals surface area contributed by atoms with Crippen molar-refractivity contribution in [3.05, 3.63) is 71.0 Å². The molecule has 23 heavy (non-hydrogen) atoms. The molecule has 1 amide bonds. The number of hydrogen-bond donors (Lipinski definition) is 0. The number of benzene rings is 2. The average Bonchev–Trinajstić information content (AvgIpc) is 2.54. The summed E-state index contributed by atoms with van der Waals surface area (Å²) in [4.78, 5) is 14.6. The van der Waals surface area contributed by atoms with Gasteiger partial charge in [-0.3, -0.25) is 4.79 Å². The van der Waals surface area contributed by atoms with E-state index in [2.05, 4.69) is 6.07 Å². The largest absolute Gasteiger partial charge is 0.331 e. The SMILES string of the molecule is CC(C)CC(=O)N1CCc2ccccc2C1c1ccccc1F. The molecule has 0 aliphatic carbocycles. The van der Waals surface area contributed by atoms with Crippen LogP contribution < -0.4 is 0 Å². The average molecular weight is 311 g/mol. The third-order valence-corrected chi connectivity index (χ3v) is 4.39. The van der Waals surface area contributed by atoms with Crippen molar-refractivity contribution in [3.63, 3.8) is 0 Å². The molecule has 1 atom stereocenters. The summed E-state index contributed by atoms with van der Waals surface area (Å²) in [5, 5.41) is 0. The van der Waals surface area contributed by atoms with Gasteiger partial charge in [0.2, 0.25) is 5.91 Å². The molecule has 120 valence electrons. The van der Waals surface area contributed by atoms with Gasteiger partial charge < -0.3 is 4.90 Å². The van der Waals surface area contributed by atoms with Gasteiger partial charge in [-0.2, -0.15) is 0 Å². The molecule has 0 fully saturated rings. The molecule has 3 heteroatoms. The van der Waals surface area contributed by atoms with E-state index in [4.69, 9.17) is 0 Å². The van der Waals surface area contributed by atoms with Gasteiger partial charge in [-0.25, -0.2) is 4.39 Å². The van der Waals surface area contributed by atoms with E-state index in [0.29, 0.717) is 24.4 Å². The van der Waals surface area contributed by atoms with Gasteiger partial charge in [0.15, 0.2) is 0 Å². The lowest BCUT2D eigenvalue weighted by Gasteiger charge is -2.38. The minimum Gasteiger partial charge on any atom is -0.331 e. The first-order chi connectivity index (χ1) is 11.1. The predicted molar refractivity (Wildman–Crippen MR) is 89.6 cm³/mol. The fourth-order valence-electron chi connectivity index (χ4n) is 3.33. The third-order valence-electron chi connectivity index (χ3n) is 4.39. The van der Waals surface area contributed by atoms with Crippen LogP contribution in [-0.2, 0) is 11.2 Å². The van der Waals surface area contributed by atoms with Crippen LogP contribution in [0.3, 0.4) is 0 Å². The monoisotopic (exact) mass is 311 g/mol. The highest BCUT2D eigenvalue weighted by Gasteiger charge is 2.33. The Labute approximate surface area is 136 Å². The van der Waals surface area contributed by atoms with Crippen molar-refractivity contribution < 1.29 is 9.18 Å². The fraction of sp³-hybridized carbons (Fsp3) is 0.350. The number of carbonyl (C=O) groups excluding carboxylic acids is 1. The molecule has 0 spiro atoms. The van der Waals surface area contributed by atoms with Crippen LogP contribution in [0.4, 0.5) is 4.39 Å². The van der Waals surface area contributed by atoms with Gasteiger partial charge in [-0.1, -0.05) is 56.3 Å². The number of rotatable bonds is 3. The molecule has 0 saturated carbocycles. The minimum absolute atomic E-state index is 0.0998. The molecule has 1 heterocycles. The highest BCUT2D eigenvalue weighted by Crippen LogP contribution is 2.36. The van der Waals surface area contributed by atoms with E-state index >= 15 is 0 Å². The van der Waals surface area contributed by atoms with Crippen molar-refractivity contribution in [2.24, 2.45) is 5.92 Å². The van der Waals surface area contributed by atoms with Gasteiger partial charge in [0, 0.05) is 18.5 Å². The second kappa shape index (κ2) is 6.53. The zero-order valence-electron chi connectivity index (χ0n) is 13.6. The predicted octanol–water partition coefficient (Wildman–Crippen LogP) is 4.35. The molecule has 1 aliphatic rings. The van der Waals surface area contributed by atoms with E-state index in [1.54, 1.807) is 12.1 Å². The second-order valence-electron chi connectivity index (χ2n) is 6.56. The standard InChI is InChI=1S/C20H22FNO/c1-14(2)13-19(23)22-12-11-15-7-3-4-8-16(15)20(22)17-9-5-6-10-18(17)21/h3-10,14,20H,11-13H2,1-2H3. The number of hydrogen-bond acceptors (Lipinski definition) is 1. The molecule has 0 radical (unpaired) electrons. The topological polar surface area (TPSA) is 20.3 Å². The Morgan fingerprint density at radius 3 is 2.48 bits per heavy atom. The highest BCUT2D eigenvalue weighted by atomic mass is 19.1. The number of fused-ring (bicyclic) bond motifs is 1. The second-order valence-corrected chi connectivity index (χ2v) is 6.56. The first kappa shape index (κ1) is 15.7. The van der Waals surface area contributed by atoms with E-state index in [1.165, 1.54) is 11.6 Å². The number of amides is 1. The molecule has 2 aromatic carbocycles. The third kappa shape index (κ3) is 3.14. The normalized spacial score (nSPS) is 17.2. The van der Waals surface area contributed by atoms with Crippen LogP contribution >= 0.6 is 0 Å². The van der Waals surface area contributed by atoms with Crippen molar-refractivity contribution in [1.82, 2.24) is 4.90 Å². The molecule has 0 bridgehead atoms. The van der Waals surface area contributed by atoms with Crippen LogP contribution in [0, 0.1) is 11.7 Å². The first-order valence-electron chi connectivity index (χ1n) is 8.19. The lowest BCUT2D eigenvalue weighted by Crippen LogP contribution is -2.41. The highest BCUT2D eigenvalue weighted by molar-refractivity contribution is 5.78. The van der Waals surface area contributed by atoms with E-state index in [-0.39, 0.29) is 17.8 Å². The van der Waals surface area contributed by atoms with Gasteiger partial charge in [0.1, 0.15) is 5.82 Å². The summed E-state index contributed by atoms with van der Waals surface area (Å²) in [7, 11) is 0. The van der Waals surface area contributed by atoms with Crippen molar-refractivity contribution >= 4 is 5.91 Å². The molecule has 3 rings (SSSR count). The van der Waals surface area contributed by atoms with Gasteiger partial charge in [-0.05, 0) is 29.5 Å². The van der Waals surface area contributed by atoms with Gasteiger partial charge in [-0.15, -0.1) is 0 Å². The van der Waals surface area contributed by atoms with Crippen LogP contribution in [-0.4, -0.2) is 17.4 Å². The smallest absolute Gasteiger partial charge is 0.223 e. The molecular formula is C20H22FNO. The summed E-state index contributed by atoms with van der Waals surface area (Å²) in [5.74, 6) is 0.139. The summed E-state index contributed by atoms with van der Waals surface area (Å²) in [6.45, 7) is 4.71. The first-order valence-corrected chi connectivity index (χ1v) is 8.19. The summed E-state index contributed by atoms with van der Waals surface area (Å²) in [6.07, 6.45) is 1.32. The van der Waals surface area contributed by atoms with Crippen molar-refractivity contribution in [1.29, 1.82) is 0 Å². The number of halogens is 1. The Kier molecular flexibility index (Phi) is 4.46. The Morgan fingerprint density at radius 1 is 1.13 bits per heavy atom. The zero-order valence-corrected chi connectivity index (χ0v) is 13.6. The fourth-order valence-corrected chi connectivity index (χ4v) is 3.33. The van der Waals surface area contributed by atoms with Gasteiger partial charge in [0.25, 0.3) is 0 Å². The van der Waals surface area contributed by atoms with Crippen LogP contribution in [0.2, 0.25) is 0 Å². The molecule has 1 unspecified atom stereocenters. The maximum Gasteiger partial charge on any atom is 0.223 e. The van der Waals surface area contributed by atoms with Crippen LogP contribution in [0.5, 0.6) is 0 Å². The zero-order chi connectivity index (χ0) is 16.4. The Hall–Kier alpha value is -2.16. The Morgan fingerprint density at radius 2 is 1.78 bits per heavy atom. The molecule has 0 N–H and O–H groups in total. The molecule has 0 saturated heterocycles. The van der Waals surface area contributed by atoms with Gasteiger partial charge >= 0.3 is 0 Å². The summed E-state index contributed by atoms with van der Waals surface area (Å²) < 4.78 is 14.4. The van der Waals surface area contributed by atoms with E-state index < -0.39 is 0 Å². The van der Waals surface area contributed by atoms with E-state index in [9.17, 15) is 9.18 Å². The van der Waals surface area contributed by atoms with E-state index in [0.717, 1.165) is 12.0 Å². The quantitative estimate of drug-likeness (QED) is 0.825. The van der Waals surface area contributed by atoms with Crippen molar-refractivity contribution in [2.75, 3.05) is 6.54 Å². The molecule has 2 aromatic rings. The number of nitrogens with zero attached hydrogens (tertiary/aromatic N) is 1. The molecule has 2 nitrogen and oxygen atoms in total. The molecule has 0 aromatic heterocycles. The van der Waals surface area contributed by atoms with E-state index in [1.807, 2.05) is 43.0 Å². The van der Waals surface area contributed by atoms with Gasteiger partial charge in [0.05, 0.1) is 6.04 Å². The minimum atomic E-state index is -0.326. The van der Waals surface area contributed by atoms with Crippen LogP contribution in [0.15, 0.2) is 48.5 Å². The summed E-state index contributed by atoms with van der Waals surface area (Å²) in [6, 6.07) is 14.5. The molecular weight excluding hydrogens is 289 g/mol. The lowest BCUT2D eigenvalue weighted by molar-refractivity contribution is -0.134. The van der Waals surface area contributed by atoms with Crippen molar-refractivity contribution in [3.8, 4) is 0 Å². The summed E-state index contributed by atoms with van der Waals surface area (Å²) >= 11 is 0. The number of carbonyl (C=O) groups is 1. The van der Waals surface area contributed by atoms with Crippen molar-refractivity contribution in [2.45, 2.75) is 32.7 Å². The summed E-state index contributed by atoms with van der Waals surface area (Å²) in [5.41, 5.74) is 2.83. The van der Waals surface area contributed by atoms with Crippen LogP contribution in [0.1, 0.15) is 43.0 Å². The maximum absolute atomic E-state index is 14.4. The Balaban J connectivity index is 2.07. The maximum atomic E-state index is 14.4. The lowest BCUT2D eigenvalue weighted by atomic mass is 9.87.